The van der Waals surface area contributed by atoms with Crippen LogP contribution in [0.15, 0.2) is 76.7 Å². The molecule has 0 unspecified atom stereocenters. The highest BCUT2D eigenvalue weighted by molar-refractivity contribution is 7.92. The van der Waals surface area contributed by atoms with Gasteiger partial charge in [-0.25, -0.2) is 18.1 Å². The summed E-state index contributed by atoms with van der Waals surface area (Å²) < 4.78 is 27.4. The van der Waals surface area contributed by atoms with Gasteiger partial charge < -0.3 is 0 Å². The van der Waals surface area contributed by atoms with Crippen LogP contribution in [0.25, 0.3) is 0 Å². The zero-order chi connectivity index (χ0) is 24.9. The molecule has 3 rings (SSSR count). The predicted molar refractivity (Wildman–Crippen MR) is 130 cm³/mol. The van der Waals surface area contributed by atoms with E-state index in [0.717, 1.165) is 22.3 Å². The molecule has 0 aliphatic heterocycles. The maximum Gasteiger partial charge on any atom is 0.293 e. The van der Waals surface area contributed by atoms with E-state index in [1.165, 1.54) is 54.7 Å². The second kappa shape index (κ2) is 10.3. The zero-order valence-electron chi connectivity index (χ0n) is 18.9. The van der Waals surface area contributed by atoms with Crippen molar-refractivity contribution in [1.82, 2.24) is 5.43 Å². The van der Waals surface area contributed by atoms with Crippen LogP contribution in [0.1, 0.15) is 22.3 Å². The third-order valence-electron chi connectivity index (χ3n) is 5.46. The monoisotopic (exact) mass is 480 g/mol. The number of benzene rings is 3. The number of amides is 1. The minimum Gasteiger partial charge on any atom is -0.271 e. The maximum atomic E-state index is 13.3. The van der Waals surface area contributed by atoms with Crippen molar-refractivity contribution in [3.8, 4) is 0 Å². The molecule has 10 heteroatoms. The first-order valence-corrected chi connectivity index (χ1v) is 11.8. The zero-order valence-corrected chi connectivity index (χ0v) is 19.7. The van der Waals surface area contributed by atoms with Gasteiger partial charge in [-0.1, -0.05) is 42.5 Å². The summed E-state index contributed by atoms with van der Waals surface area (Å²) in [5.41, 5.74) is 5.70. The van der Waals surface area contributed by atoms with Crippen LogP contribution >= 0.6 is 0 Å². The molecule has 0 spiro atoms. The van der Waals surface area contributed by atoms with Crippen LogP contribution in [0.3, 0.4) is 0 Å². The largest absolute Gasteiger partial charge is 0.293 e. The predicted octanol–water partition coefficient (Wildman–Crippen LogP) is 3.87. The fourth-order valence-electron chi connectivity index (χ4n) is 3.31. The molecular formula is C24H24N4O5S. The number of hydrogen-bond donors (Lipinski definition) is 1. The van der Waals surface area contributed by atoms with Gasteiger partial charge in [0.25, 0.3) is 21.6 Å². The van der Waals surface area contributed by atoms with Crippen LogP contribution in [0.5, 0.6) is 0 Å². The summed E-state index contributed by atoms with van der Waals surface area (Å²) in [5, 5.41) is 15.5. The molecule has 0 radical (unpaired) electrons. The van der Waals surface area contributed by atoms with Gasteiger partial charge in [0.05, 0.1) is 16.0 Å². The van der Waals surface area contributed by atoms with Crippen molar-refractivity contribution in [1.29, 1.82) is 0 Å². The van der Waals surface area contributed by atoms with E-state index in [9.17, 15) is 23.3 Å². The lowest BCUT2D eigenvalue weighted by molar-refractivity contribution is -0.384. The van der Waals surface area contributed by atoms with Gasteiger partial charge in [-0.2, -0.15) is 5.10 Å². The fourth-order valence-corrected chi connectivity index (χ4v) is 4.76. The number of sulfonamides is 1. The third kappa shape index (κ3) is 5.29. The first kappa shape index (κ1) is 24.6. The number of carbonyl (C=O) groups excluding carboxylic acids is 1. The molecule has 1 amide bonds. The topological polar surface area (TPSA) is 122 Å². The quantitative estimate of drug-likeness (QED) is 0.298. The van der Waals surface area contributed by atoms with E-state index in [4.69, 9.17) is 0 Å². The van der Waals surface area contributed by atoms with Crippen molar-refractivity contribution < 1.29 is 18.1 Å². The summed E-state index contributed by atoms with van der Waals surface area (Å²) in [6.45, 7) is 5.22. The first-order chi connectivity index (χ1) is 16.1. The molecule has 9 nitrogen and oxygen atoms in total. The molecule has 0 aliphatic carbocycles. The lowest BCUT2D eigenvalue weighted by Crippen LogP contribution is -2.39. The molecule has 3 aromatic carbocycles. The Hall–Kier alpha value is -4.05. The van der Waals surface area contributed by atoms with Gasteiger partial charge >= 0.3 is 0 Å². The van der Waals surface area contributed by atoms with E-state index in [-0.39, 0.29) is 10.6 Å². The molecule has 0 aromatic heterocycles. The van der Waals surface area contributed by atoms with E-state index >= 15 is 0 Å². The minimum absolute atomic E-state index is 0.102. The van der Waals surface area contributed by atoms with Gasteiger partial charge in [-0.05, 0) is 61.2 Å². The Balaban J connectivity index is 1.92. The van der Waals surface area contributed by atoms with E-state index in [2.05, 4.69) is 10.5 Å². The van der Waals surface area contributed by atoms with Crippen LogP contribution in [-0.4, -0.2) is 32.0 Å². The third-order valence-corrected chi connectivity index (χ3v) is 7.23. The normalized spacial score (nSPS) is 11.4. The van der Waals surface area contributed by atoms with Gasteiger partial charge in [-0.15, -0.1) is 0 Å². The van der Waals surface area contributed by atoms with Gasteiger partial charge in [0.2, 0.25) is 0 Å². The van der Waals surface area contributed by atoms with Gasteiger partial charge in [0.15, 0.2) is 0 Å². The number of hydrazone groups is 1. The highest BCUT2D eigenvalue weighted by atomic mass is 32.2. The number of aryl methyl sites for hydroxylation is 1. The van der Waals surface area contributed by atoms with Crippen LogP contribution in [0, 0.1) is 30.9 Å². The Bertz CT molecular complexity index is 1360. The Labute approximate surface area is 197 Å². The average Bonchev–Trinajstić information content (AvgIpc) is 2.83. The van der Waals surface area contributed by atoms with Crippen molar-refractivity contribution in [2.75, 3.05) is 10.8 Å². The first-order valence-electron chi connectivity index (χ1n) is 10.3. The van der Waals surface area contributed by atoms with Crippen LogP contribution in [-0.2, 0) is 14.8 Å². The van der Waals surface area contributed by atoms with Crippen LogP contribution in [0.4, 0.5) is 11.4 Å². The summed E-state index contributed by atoms with van der Waals surface area (Å²) in [6.07, 6.45) is 1.47. The average molecular weight is 481 g/mol. The van der Waals surface area contributed by atoms with Crippen molar-refractivity contribution in [2.45, 2.75) is 25.7 Å². The van der Waals surface area contributed by atoms with Crippen LogP contribution in [0.2, 0.25) is 0 Å². The number of nitro groups is 1. The van der Waals surface area contributed by atoms with Gasteiger partial charge in [0, 0.05) is 6.07 Å². The Kier molecular flexibility index (Phi) is 7.42. The molecule has 0 bridgehead atoms. The number of hydrogen-bond acceptors (Lipinski definition) is 6. The molecule has 0 aliphatic rings. The van der Waals surface area contributed by atoms with Crippen LogP contribution < -0.4 is 9.73 Å². The number of carbonyl (C=O) groups is 1. The van der Waals surface area contributed by atoms with Crippen molar-refractivity contribution in [3.05, 3.63) is 99.1 Å². The van der Waals surface area contributed by atoms with E-state index in [1.54, 1.807) is 6.07 Å². The lowest BCUT2D eigenvalue weighted by atomic mass is 10.00. The molecule has 1 N–H and O–H groups in total. The Morgan fingerprint density at radius 3 is 2.32 bits per heavy atom. The smallest absolute Gasteiger partial charge is 0.271 e. The maximum absolute atomic E-state index is 13.3. The number of nitro benzene ring substituents is 1. The molecule has 176 valence electrons. The van der Waals surface area contributed by atoms with E-state index in [0.29, 0.717) is 4.31 Å². The highest BCUT2D eigenvalue weighted by Gasteiger charge is 2.31. The van der Waals surface area contributed by atoms with E-state index < -0.39 is 33.1 Å². The molecule has 0 saturated carbocycles. The number of anilines is 1. The number of nitrogens with zero attached hydrogens (tertiary/aromatic N) is 3. The second-order valence-electron chi connectivity index (χ2n) is 7.59. The SMILES string of the molecule is Cc1ccc(C=NNC(=O)CN(c2ccccc2[N+](=O)[O-])S(=O)(=O)c2ccccc2)c(C)c1C. The number of nitrogens with one attached hydrogen (secondary N) is 1. The molecule has 0 saturated heterocycles. The molecule has 0 fully saturated rings. The van der Waals surface area contributed by atoms with E-state index in [1.807, 2.05) is 32.9 Å². The second-order valence-corrected chi connectivity index (χ2v) is 9.45. The molecule has 0 heterocycles. The van der Waals surface area contributed by atoms with Gasteiger partial charge in [-0.3, -0.25) is 14.9 Å². The summed E-state index contributed by atoms with van der Waals surface area (Å²) in [4.78, 5) is 23.4. The van der Waals surface area contributed by atoms with Crippen molar-refractivity contribution in [3.63, 3.8) is 0 Å². The molecule has 34 heavy (non-hydrogen) atoms. The van der Waals surface area contributed by atoms with Crippen molar-refractivity contribution in [2.24, 2.45) is 5.10 Å². The molecule has 0 atom stereocenters. The standard InChI is InChI=1S/C24H24N4O5S/c1-17-13-14-20(19(3)18(17)2)15-25-26-24(29)16-27(22-11-7-8-12-23(22)28(30)31)34(32,33)21-9-5-4-6-10-21/h4-15H,16H2,1-3H3,(H,26,29). The number of rotatable bonds is 8. The van der Waals surface area contributed by atoms with Gasteiger partial charge in [0.1, 0.15) is 12.2 Å². The Morgan fingerprint density at radius 1 is 1.00 bits per heavy atom. The summed E-state index contributed by atoms with van der Waals surface area (Å²) in [5.74, 6) is -0.754. The highest BCUT2D eigenvalue weighted by Crippen LogP contribution is 2.31. The fraction of sp³-hybridized carbons (Fsp3) is 0.167. The summed E-state index contributed by atoms with van der Waals surface area (Å²) >= 11 is 0. The minimum atomic E-state index is -4.28. The Morgan fingerprint density at radius 2 is 1.65 bits per heavy atom. The summed E-state index contributed by atoms with van der Waals surface area (Å²) in [7, 11) is -4.28. The lowest BCUT2D eigenvalue weighted by Gasteiger charge is -2.23. The summed E-state index contributed by atoms with van der Waals surface area (Å²) in [6, 6.07) is 16.6. The van der Waals surface area contributed by atoms with Crippen molar-refractivity contribution >= 4 is 33.5 Å². The molecular weight excluding hydrogens is 456 g/mol. The number of para-hydroxylation sites is 2. The molecule has 3 aromatic rings.